The average Bonchev–Trinajstić information content (AvgIpc) is 2.38. The van der Waals surface area contributed by atoms with E-state index >= 15 is 0 Å². The molecule has 0 radical (unpaired) electrons. The van der Waals surface area contributed by atoms with Gasteiger partial charge in [0.1, 0.15) is 12.4 Å². The average molecular weight is 249 g/mol. The Bertz CT molecular complexity index is 350. The molecule has 3 heteroatoms. The van der Waals surface area contributed by atoms with Crippen LogP contribution in [0.15, 0.2) is 24.3 Å². The summed E-state index contributed by atoms with van der Waals surface area (Å²) < 4.78 is 5.34. The first-order valence-corrected chi connectivity index (χ1v) is 6.88. The Morgan fingerprint density at radius 2 is 2.06 bits per heavy atom. The van der Waals surface area contributed by atoms with E-state index in [0.29, 0.717) is 12.6 Å². The zero-order valence-electron chi connectivity index (χ0n) is 11.1. The molecule has 1 aromatic rings. The summed E-state index contributed by atoms with van der Waals surface area (Å²) in [5.41, 5.74) is 1.16. The number of rotatable bonds is 5. The SMILES string of the molecule is CC1CCCC(Nc2ccc(OCCO)cc2)C1. The minimum atomic E-state index is 0.0555. The first-order chi connectivity index (χ1) is 8.78. The maximum atomic E-state index is 8.69. The van der Waals surface area contributed by atoms with Gasteiger partial charge in [-0.25, -0.2) is 0 Å². The van der Waals surface area contributed by atoms with Crippen molar-refractivity contribution in [2.24, 2.45) is 5.92 Å². The lowest BCUT2D eigenvalue weighted by molar-refractivity contribution is 0.201. The van der Waals surface area contributed by atoms with Gasteiger partial charge in [0.05, 0.1) is 6.61 Å². The Morgan fingerprint density at radius 1 is 1.28 bits per heavy atom. The lowest BCUT2D eigenvalue weighted by atomic mass is 9.87. The molecule has 0 saturated heterocycles. The predicted molar refractivity (Wildman–Crippen MR) is 74.1 cm³/mol. The molecule has 18 heavy (non-hydrogen) atoms. The van der Waals surface area contributed by atoms with Crippen molar-refractivity contribution in [2.45, 2.75) is 38.6 Å². The highest BCUT2D eigenvalue weighted by molar-refractivity contribution is 5.47. The van der Waals surface area contributed by atoms with E-state index in [1.54, 1.807) is 0 Å². The van der Waals surface area contributed by atoms with Crippen molar-refractivity contribution in [3.05, 3.63) is 24.3 Å². The molecule has 1 aliphatic rings. The molecule has 2 N–H and O–H groups in total. The van der Waals surface area contributed by atoms with Gasteiger partial charge in [-0.1, -0.05) is 19.8 Å². The Hall–Kier alpha value is -1.22. The molecule has 2 atom stereocenters. The molecule has 0 aliphatic heterocycles. The number of nitrogens with one attached hydrogen (secondary N) is 1. The highest BCUT2D eigenvalue weighted by atomic mass is 16.5. The summed E-state index contributed by atoms with van der Waals surface area (Å²) in [5, 5.41) is 12.3. The fourth-order valence-electron chi connectivity index (χ4n) is 2.61. The summed E-state index contributed by atoms with van der Waals surface area (Å²) in [4.78, 5) is 0. The monoisotopic (exact) mass is 249 g/mol. The maximum absolute atomic E-state index is 8.69. The van der Waals surface area contributed by atoms with Gasteiger partial charge in [0.25, 0.3) is 0 Å². The van der Waals surface area contributed by atoms with Gasteiger partial charge < -0.3 is 15.2 Å². The van der Waals surface area contributed by atoms with Gasteiger partial charge in [-0.05, 0) is 43.0 Å². The molecular weight excluding hydrogens is 226 g/mol. The molecule has 0 bridgehead atoms. The first-order valence-electron chi connectivity index (χ1n) is 6.88. The van der Waals surface area contributed by atoms with Gasteiger partial charge in [-0.15, -0.1) is 0 Å². The molecule has 100 valence electrons. The van der Waals surface area contributed by atoms with Crippen molar-refractivity contribution in [3.63, 3.8) is 0 Å². The highest BCUT2D eigenvalue weighted by Gasteiger charge is 2.18. The predicted octanol–water partition coefficient (Wildman–Crippen LogP) is 3.05. The lowest BCUT2D eigenvalue weighted by Crippen LogP contribution is -2.26. The fourth-order valence-corrected chi connectivity index (χ4v) is 2.61. The molecule has 0 aromatic heterocycles. The Balaban J connectivity index is 1.85. The second kappa shape index (κ2) is 6.64. The second-order valence-electron chi connectivity index (χ2n) is 5.21. The number of aliphatic hydroxyl groups excluding tert-OH is 1. The largest absolute Gasteiger partial charge is 0.491 e. The van der Waals surface area contributed by atoms with Crippen LogP contribution in [0.3, 0.4) is 0 Å². The molecule has 0 spiro atoms. The summed E-state index contributed by atoms with van der Waals surface area (Å²) in [6.07, 6.45) is 5.23. The van der Waals surface area contributed by atoms with E-state index in [1.807, 2.05) is 24.3 Å². The highest BCUT2D eigenvalue weighted by Crippen LogP contribution is 2.26. The van der Waals surface area contributed by atoms with Crippen LogP contribution in [0.1, 0.15) is 32.6 Å². The van der Waals surface area contributed by atoms with Crippen molar-refractivity contribution in [1.29, 1.82) is 0 Å². The van der Waals surface area contributed by atoms with E-state index in [1.165, 1.54) is 25.7 Å². The normalized spacial score (nSPS) is 23.7. The molecule has 1 saturated carbocycles. The number of benzene rings is 1. The summed E-state index contributed by atoms with van der Waals surface area (Å²) in [6.45, 7) is 2.74. The summed E-state index contributed by atoms with van der Waals surface area (Å²) in [6, 6.07) is 8.60. The number of hydrogen-bond donors (Lipinski definition) is 2. The summed E-state index contributed by atoms with van der Waals surface area (Å²) >= 11 is 0. The second-order valence-corrected chi connectivity index (χ2v) is 5.21. The quantitative estimate of drug-likeness (QED) is 0.842. The van der Waals surface area contributed by atoms with Gasteiger partial charge >= 0.3 is 0 Å². The zero-order chi connectivity index (χ0) is 12.8. The number of aliphatic hydroxyl groups is 1. The van der Waals surface area contributed by atoms with Crippen LogP contribution >= 0.6 is 0 Å². The first kappa shape index (κ1) is 13.2. The molecule has 1 aliphatic carbocycles. The zero-order valence-corrected chi connectivity index (χ0v) is 11.1. The molecule has 0 heterocycles. The fraction of sp³-hybridized carbons (Fsp3) is 0.600. The smallest absolute Gasteiger partial charge is 0.119 e. The van der Waals surface area contributed by atoms with Gasteiger partial charge in [0.2, 0.25) is 0 Å². The Kier molecular flexibility index (Phi) is 4.88. The van der Waals surface area contributed by atoms with Gasteiger partial charge in [0.15, 0.2) is 0 Å². The minimum Gasteiger partial charge on any atom is -0.491 e. The minimum absolute atomic E-state index is 0.0555. The Labute approximate surface area is 109 Å². The third-order valence-electron chi connectivity index (χ3n) is 3.52. The van der Waals surface area contributed by atoms with Crippen molar-refractivity contribution in [2.75, 3.05) is 18.5 Å². The van der Waals surface area contributed by atoms with E-state index < -0.39 is 0 Å². The number of anilines is 1. The van der Waals surface area contributed by atoms with Crippen molar-refractivity contribution < 1.29 is 9.84 Å². The molecular formula is C15H23NO2. The van der Waals surface area contributed by atoms with Crippen LogP contribution in [0.5, 0.6) is 5.75 Å². The van der Waals surface area contributed by atoms with Crippen LogP contribution in [0.4, 0.5) is 5.69 Å². The molecule has 2 rings (SSSR count). The standard InChI is InChI=1S/C15H23NO2/c1-12-3-2-4-14(11-12)16-13-5-7-15(8-6-13)18-10-9-17/h5-8,12,14,16-17H,2-4,9-11H2,1H3. The van der Waals surface area contributed by atoms with Crippen molar-refractivity contribution in [3.8, 4) is 5.75 Å². The molecule has 1 fully saturated rings. The maximum Gasteiger partial charge on any atom is 0.119 e. The van der Waals surface area contributed by atoms with Crippen molar-refractivity contribution >= 4 is 5.69 Å². The van der Waals surface area contributed by atoms with E-state index in [9.17, 15) is 0 Å². The van der Waals surface area contributed by atoms with Crippen LogP contribution in [-0.4, -0.2) is 24.4 Å². The Morgan fingerprint density at radius 3 is 2.72 bits per heavy atom. The molecule has 1 aromatic carbocycles. The molecule has 3 nitrogen and oxygen atoms in total. The third-order valence-corrected chi connectivity index (χ3v) is 3.52. The molecule has 2 unspecified atom stereocenters. The number of ether oxygens (including phenoxy) is 1. The van der Waals surface area contributed by atoms with Gasteiger partial charge in [0, 0.05) is 11.7 Å². The van der Waals surface area contributed by atoms with Gasteiger partial charge in [-0.2, -0.15) is 0 Å². The van der Waals surface area contributed by atoms with E-state index in [2.05, 4.69) is 12.2 Å². The topological polar surface area (TPSA) is 41.5 Å². The lowest BCUT2D eigenvalue weighted by Gasteiger charge is -2.28. The molecule has 0 amide bonds. The van der Waals surface area contributed by atoms with Crippen LogP contribution in [0.2, 0.25) is 0 Å². The van der Waals surface area contributed by atoms with Crippen LogP contribution in [0.25, 0.3) is 0 Å². The van der Waals surface area contributed by atoms with Gasteiger partial charge in [-0.3, -0.25) is 0 Å². The number of hydrogen-bond acceptors (Lipinski definition) is 3. The summed E-state index contributed by atoms with van der Waals surface area (Å²) in [7, 11) is 0. The summed E-state index contributed by atoms with van der Waals surface area (Å²) in [5.74, 6) is 1.65. The van der Waals surface area contributed by atoms with E-state index in [4.69, 9.17) is 9.84 Å². The van der Waals surface area contributed by atoms with Crippen LogP contribution in [-0.2, 0) is 0 Å². The van der Waals surface area contributed by atoms with E-state index in [0.717, 1.165) is 17.4 Å². The van der Waals surface area contributed by atoms with Crippen molar-refractivity contribution in [1.82, 2.24) is 0 Å². The van der Waals surface area contributed by atoms with E-state index in [-0.39, 0.29) is 6.61 Å². The van der Waals surface area contributed by atoms with Crippen LogP contribution < -0.4 is 10.1 Å². The third kappa shape index (κ3) is 3.91. The van der Waals surface area contributed by atoms with Crippen LogP contribution in [0, 0.1) is 5.92 Å².